The van der Waals surface area contributed by atoms with Gasteiger partial charge in [0.25, 0.3) is 0 Å². The third-order valence-electron chi connectivity index (χ3n) is 2.11. The lowest BCUT2D eigenvalue weighted by Crippen LogP contribution is -2.22. The van der Waals surface area contributed by atoms with Crippen molar-refractivity contribution in [3.63, 3.8) is 0 Å². The molecule has 0 aromatic carbocycles. The highest BCUT2D eigenvalue weighted by Gasteiger charge is 2.06. The minimum absolute atomic E-state index is 0.915. The molecule has 0 spiro atoms. The maximum atomic E-state index is 4.43. The van der Waals surface area contributed by atoms with E-state index in [-0.39, 0.29) is 0 Å². The Morgan fingerprint density at radius 3 is 3.00 bits per heavy atom. The van der Waals surface area contributed by atoms with E-state index in [1.807, 2.05) is 13.1 Å². The summed E-state index contributed by atoms with van der Waals surface area (Å²) in [4.78, 5) is 8.55. The lowest BCUT2D eigenvalue weighted by molar-refractivity contribution is 0.736. The van der Waals surface area contributed by atoms with Crippen LogP contribution in [-0.4, -0.2) is 23.1 Å². The molecule has 1 aromatic rings. The molecule has 0 saturated heterocycles. The van der Waals surface area contributed by atoms with Gasteiger partial charge in [-0.25, -0.2) is 0 Å². The van der Waals surface area contributed by atoms with Gasteiger partial charge in [0.2, 0.25) is 0 Å². The van der Waals surface area contributed by atoms with Gasteiger partial charge in [0, 0.05) is 12.7 Å². The average molecular weight is 175 g/mol. The summed E-state index contributed by atoms with van der Waals surface area (Å²) in [6, 6.07) is 0. The van der Waals surface area contributed by atoms with Gasteiger partial charge in [0.1, 0.15) is 0 Å². The minimum Gasteiger partial charge on any atom is -0.312 e. The molecule has 1 N–H and O–H groups in total. The SMILES string of the molecule is Cc1cncc(C2=CCCNC2)n1. The number of hydrogen-bond acceptors (Lipinski definition) is 3. The first-order chi connectivity index (χ1) is 6.36. The fourth-order valence-electron chi connectivity index (χ4n) is 1.46. The lowest BCUT2D eigenvalue weighted by Gasteiger charge is -2.13. The maximum absolute atomic E-state index is 4.43. The molecule has 0 radical (unpaired) electrons. The number of rotatable bonds is 1. The van der Waals surface area contributed by atoms with Gasteiger partial charge in [-0.3, -0.25) is 9.97 Å². The zero-order valence-electron chi connectivity index (χ0n) is 7.75. The average Bonchev–Trinajstić information content (AvgIpc) is 2.19. The van der Waals surface area contributed by atoms with Crippen molar-refractivity contribution in [1.29, 1.82) is 0 Å². The highest BCUT2D eigenvalue weighted by molar-refractivity contribution is 5.64. The van der Waals surface area contributed by atoms with Crippen LogP contribution in [0, 0.1) is 6.92 Å². The molecule has 2 rings (SSSR count). The Morgan fingerprint density at radius 2 is 2.31 bits per heavy atom. The Balaban J connectivity index is 2.29. The van der Waals surface area contributed by atoms with Crippen LogP contribution in [0.2, 0.25) is 0 Å². The molecule has 3 nitrogen and oxygen atoms in total. The van der Waals surface area contributed by atoms with Crippen molar-refractivity contribution in [3.8, 4) is 0 Å². The first-order valence-corrected chi connectivity index (χ1v) is 4.55. The van der Waals surface area contributed by atoms with Crippen molar-refractivity contribution in [1.82, 2.24) is 15.3 Å². The summed E-state index contributed by atoms with van der Waals surface area (Å²) in [5.41, 5.74) is 3.25. The van der Waals surface area contributed by atoms with E-state index in [4.69, 9.17) is 0 Å². The van der Waals surface area contributed by atoms with E-state index in [0.717, 1.165) is 30.9 Å². The normalized spacial score (nSPS) is 16.8. The third kappa shape index (κ3) is 1.92. The molecule has 0 aliphatic carbocycles. The maximum Gasteiger partial charge on any atom is 0.0857 e. The predicted molar refractivity (Wildman–Crippen MR) is 52.2 cm³/mol. The number of aromatic nitrogens is 2. The molecule has 0 saturated carbocycles. The van der Waals surface area contributed by atoms with Crippen molar-refractivity contribution in [3.05, 3.63) is 29.9 Å². The van der Waals surface area contributed by atoms with Crippen LogP contribution >= 0.6 is 0 Å². The Kier molecular flexibility index (Phi) is 2.36. The van der Waals surface area contributed by atoms with Gasteiger partial charge in [-0.1, -0.05) is 6.08 Å². The monoisotopic (exact) mass is 175 g/mol. The summed E-state index contributed by atoms with van der Waals surface area (Å²) in [5, 5.41) is 3.32. The van der Waals surface area contributed by atoms with Crippen LogP contribution in [-0.2, 0) is 0 Å². The van der Waals surface area contributed by atoms with Crippen LogP contribution in [0.5, 0.6) is 0 Å². The molecule has 68 valence electrons. The fourth-order valence-corrected chi connectivity index (χ4v) is 1.46. The number of aryl methyl sites for hydroxylation is 1. The summed E-state index contributed by atoms with van der Waals surface area (Å²) in [7, 11) is 0. The van der Waals surface area contributed by atoms with Crippen molar-refractivity contribution in [2.75, 3.05) is 13.1 Å². The van der Waals surface area contributed by atoms with Crippen molar-refractivity contribution < 1.29 is 0 Å². The predicted octanol–water partition coefficient (Wildman–Crippen LogP) is 1.16. The van der Waals surface area contributed by atoms with Crippen LogP contribution in [0.25, 0.3) is 5.57 Å². The highest BCUT2D eigenvalue weighted by atomic mass is 14.9. The van der Waals surface area contributed by atoms with E-state index in [0.29, 0.717) is 0 Å². The van der Waals surface area contributed by atoms with E-state index in [1.54, 1.807) is 6.20 Å². The summed E-state index contributed by atoms with van der Waals surface area (Å²) in [6.45, 7) is 3.95. The van der Waals surface area contributed by atoms with Crippen LogP contribution in [0.15, 0.2) is 18.5 Å². The number of hydrogen-bond donors (Lipinski definition) is 1. The van der Waals surface area contributed by atoms with Crippen molar-refractivity contribution in [2.45, 2.75) is 13.3 Å². The number of nitrogens with one attached hydrogen (secondary N) is 1. The molecule has 13 heavy (non-hydrogen) atoms. The smallest absolute Gasteiger partial charge is 0.0857 e. The molecular weight excluding hydrogens is 162 g/mol. The van der Waals surface area contributed by atoms with Crippen molar-refractivity contribution in [2.24, 2.45) is 0 Å². The van der Waals surface area contributed by atoms with Gasteiger partial charge in [0.05, 0.1) is 17.6 Å². The molecule has 3 heteroatoms. The first-order valence-electron chi connectivity index (χ1n) is 4.55. The summed E-state index contributed by atoms with van der Waals surface area (Å²) in [5.74, 6) is 0. The minimum atomic E-state index is 0.915. The van der Waals surface area contributed by atoms with Gasteiger partial charge >= 0.3 is 0 Å². The summed E-state index contributed by atoms with van der Waals surface area (Å²) in [6.07, 6.45) is 6.93. The van der Waals surface area contributed by atoms with E-state index < -0.39 is 0 Å². The van der Waals surface area contributed by atoms with Gasteiger partial charge in [-0.2, -0.15) is 0 Å². The van der Waals surface area contributed by atoms with Gasteiger partial charge in [-0.15, -0.1) is 0 Å². The zero-order chi connectivity index (χ0) is 9.10. The van der Waals surface area contributed by atoms with Crippen LogP contribution in [0.3, 0.4) is 0 Å². The standard InChI is InChI=1S/C10H13N3/c1-8-5-12-7-10(13-8)9-3-2-4-11-6-9/h3,5,7,11H,2,4,6H2,1H3. The molecule has 0 fully saturated rings. The highest BCUT2D eigenvalue weighted by Crippen LogP contribution is 2.13. The fraction of sp³-hybridized carbons (Fsp3) is 0.400. The topological polar surface area (TPSA) is 37.8 Å². The van der Waals surface area contributed by atoms with Crippen LogP contribution in [0.4, 0.5) is 0 Å². The summed E-state index contributed by atoms with van der Waals surface area (Å²) < 4.78 is 0. The van der Waals surface area contributed by atoms with E-state index >= 15 is 0 Å². The molecule has 1 aliphatic rings. The van der Waals surface area contributed by atoms with Crippen LogP contribution < -0.4 is 5.32 Å². The Labute approximate surface area is 77.9 Å². The van der Waals surface area contributed by atoms with Gasteiger partial charge in [-0.05, 0) is 25.5 Å². The summed E-state index contributed by atoms with van der Waals surface area (Å²) >= 11 is 0. The zero-order valence-corrected chi connectivity index (χ0v) is 7.75. The molecule has 2 heterocycles. The number of nitrogens with zero attached hydrogens (tertiary/aromatic N) is 2. The van der Waals surface area contributed by atoms with Gasteiger partial charge < -0.3 is 5.32 Å². The Bertz CT molecular complexity index is 331. The molecular formula is C10H13N3. The third-order valence-corrected chi connectivity index (χ3v) is 2.11. The molecule has 0 amide bonds. The molecule has 0 bridgehead atoms. The second-order valence-corrected chi connectivity index (χ2v) is 3.24. The molecule has 1 aliphatic heterocycles. The van der Waals surface area contributed by atoms with E-state index in [1.165, 1.54) is 5.57 Å². The van der Waals surface area contributed by atoms with Gasteiger partial charge in [0.15, 0.2) is 0 Å². The molecule has 1 aromatic heterocycles. The van der Waals surface area contributed by atoms with Crippen molar-refractivity contribution >= 4 is 5.57 Å². The second-order valence-electron chi connectivity index (χ2n) is 3.24. The van der Waals surface area contributed by atoms with E-state index in [9.17, 15) is 0 Å². The quantitative estimate of drug-likeness (QED) is 0.696. The largest absolute Gasteiger partial charge is 0.312 e. The van der Waals surface area contributed by atoms with Crippen LogP contribution in [0.1, 0.15) is 17.8 Å². The first kappa shape index (κ1) is 8.38. The Morgan fingerprint density at radius 1 is 1.38 bits per heavy atom. The second kappa shape index (κ2) is 3.66. The molecule has 0 atom stereocenters. The van der Waals surface area contributed by atoms with E-state index in [2.05, 4.69) is 21.4 Å². The lowest BCUT2D eigenvalue weighted by atomic mass is 10.1. The molecule has 0 unspecified atom stereocenters. The Hall–Kier alpha value is -1.22.